The smallest absolute Gasteiger partial charge is 0.300 e. The Kier molecular flexibility index (Phi) is 14.8. The standard InChI is InChI=1S/C14H14O4.2C2H4O2/c1-17-13-9-11(5-3-7-15)12(6-4-8-16)10-14(13)18-2;2*1-2(3)4/h9-10,15-16H,7-8H2,1-2H3;2*1H3,(H,3,4). The number of rotatable bonds is 2. The van der Waals surface area contributed by atoms with E-state index < -0.39 is 11.9 Å². The molecule has 0 aromatic heterocycles. The maximum Gasteiger partial charge on any atom is 0.300 e. The highest BCUT2D eigenvalue weighted by molar-refractivity contribution is 5.63. The van der Waals surface area contributed by atoms with Gasteiger partial charge in [0.15, 0.2) is 11.5 Å². The minimum Gasteiger partial charge on any atom is -0.493 e. The van der Waals surface area contributed by atoms with Gasteiger partial charge in [0.2, 0.25) is 0 Å². The van der Waals surface area contributed by atoms with Gasteiger partial charge in [-0.25, -0.2) is 0 Å². The van der Waals surface area contributed by atoms with Gasteiger partial charge >= 0.3 is 0 Å². The summed E-state index contributed by atoms with van der Waals surface area (Å²) in [6.45, 7) is 1.70. The molecule has 0 atom stereocenters. The van der Waals surface area contributed by atoms with E-state index in [0.29, 0.717) is 22.6 Å². The first-order valence-electron chi connectivity index (χ1n) is 7.07. The fourth-order valence-electron chi connectivity index (χ4n) is 1.36. The van der Waals surface area contributed by atoms with E-state index in [1.54, 1.807) is 12.1 Å². The number of carbonyl (C=O) groups is 2. The second-order valence-electron chi connectivity index (χ2n) is 4.21. The molecule has 0 aliphatic rings. The van der Waals surface area contributed by atoms with E-state index in [9.17, 15) is 0 Å². The van der Waals surface area contributed by atoms with Gasteiger partial charge in [0, 0.05) is 37.1 Å². The van der Waals surface area contributed by atoms with Crippen LogP contribution in [-0.2, 0) is 9.59 Å². The van der Waals surface area contributed by atoms with Crippen LogP contribution >= 0.6 is 0 Å². The number of aliphatic hydroxyl groups is 2. The van der Waals surface area contributed by atoms with E-state index in [1.807, 2.05) is 0 Å². The van der Waals surface area contributed by atoms with Gasteiger partial charge < -0.3 is 29.9 Å². The van der Waals surface area contributed by atoms with Crippen LogP contribution in [0.25, 0.3) is 0 Å². The van der Waals surface area contributed by atoms with E-state index in [1.165, 1.54) is 14.2 Å². The molecule has 26 heavy (non-hydrogen) atoms. The van der Waals surface area contributed by atoms with Crippen LogP contribution in [0.5, 0.6) is 11.5 Å². The van der Waals surface area contributed by atoms with Gasteiger partial charge in [0.05, 0.1) is 14.2 Å². The number of carboxylic acid groups (broad SMARTS) is 2. The number of aliphatic carboxylic acids is 2. The van der Waals surface area contributed by atoms with E-state index in [0.717, 1.165) is 13.8 Å². The first kappa shape index (κ1) is 25.0. The van der Waals surface area contributed by atoms with E-state index in [-0.39, 0.29) is 13.2 Å². The number of aliphatic hydroxyl groups excluding tert-OH is 2. The van der Waals surface area contributed by atoms with Gasteiger partial charge in [-0.2, -0.15) is 0 Å². The lowest BCUT2D eigenvalue weighted by atomic mass is 10.1. The molecule has 0 aliphatic heterocycles. The molecule has 0 fully saturated rings. The van der Waals surface area contributed by atoms with Crippen LogP contribution < -0.4 is 9.47 Å². The van der Waals surface area contributed by atoms with Crippen molar-refractivity contribution in [1.29, 1.82) is 0 Å². The summed E-state index contributed by atoms with van der Waals surface area (Å²) < 4.78 is 10.3. The van der Waals surface area contributed by atoms with Crippen molar-refractivity contribution in [3.63, 3.8) is 0 Å². The zero-order valence-corrected chi connectivity index (χ0v) is 15.0. The molecule has 0 heterocycles. The normalized spacial score (nSPS) is 7.92. The lowest BCUT2D eigenvalue weighted by molar-refractivity contribution is -0.135. The fourth-order valence-corrected chi connectivity index (χ4v) is 1.36. The maximum absolute atomic E-state index is 9.00. The Balaban J connectivity index is 0. The summed E-state index contributed by atoms with van der Waals surface area (Å²) in [5, 5.41) is 32.3. The third-order valence-corrected chi connectivity index (χ3v) is 2.13. The predicted octanol–water partition coefficient (Wildman–Crippen LogP) is 0.573. The molecule has 4 N–H and O–H groups in total. The number of hydrogen-bond acceptors (Lipinski definition) is 6. The summed E-state index contributed by atoms with van der Waals surface area (Å²) >= 11 is 0. The third kappa shape index (κ3) is 13.3. The maximum atomic E-state index is 9.00. The van der Waals surface area contributed by atoms with Crippen LogP contribution in [0, 0.1) is 23.7 Å². The number of carboxylic acids is 2. The monoisotopic (exact) mass is 366 g/mol. The number of ether oxygens (including phenoxy) is 2. The Morgan fingerprint density at radius 3 is 1.31 bits per heavy atom. The summed E-state index contributed by atoms with van der Waals surface area (Å²) in [5.41, 5.74) is 1.23. The summed E-state index contributed by atoms with van der Waals surface area (Å²) in [4.78, 5) is 18.0. The second kappa shape index (κ2) is 15.3. The van der Waals surface area contributed by atoms with Crippen molar-refractivity contribution in [2.75, 3.05) is 27.4 Å². The Bertz CT molecular complexity index is 633. The van der Waals surface area contributed by atoms with Crippen molar-refractivity contribution in [1.82, 2.24) is 0 Å². The van der Waals surface area contributed by atoms with E-state index >= 15 is 0 Å². The molecule has 0 amide bonds. The second-order valence-corrected chi connectivity index (χ2v) is 4.21. The Hall–Kier alpha value is -3.20. The molecular formula is C18H22O8. The molecule has 8 heteroatoms. The molecule has 0 spiro atoms. The first-order chi connectivity index (χ1) is 12.2. The molecule has 0 radical (unpaired) electrons. The van der Waals surface area contributed by atoms with Gasteiger partial charge in [-0.15, -0.1) is 0 Å². The van der Waals surface area contributed by atoms with Crippen LogP contribution in [0.15, 0.2) is 12.1 Å². The lowest BCUT2D eigenvalue weighted by Gasteiger charge is -2.09. The summed E-state index contributed by atoms with van der Waals surface area (Å²) in [6, 6.07) is 3.37. The van der Waals surface area contributed by atoms with Crippen LogP contribution in [0.2, 0.25) is 0 Å². The fraction of sp³-hybridized carbons (Fsp3) is 0.333. The van der Waals surface area contributed by atoms with Crippen LogP contribution in [0.3, 0.4) is 0 Å². The molecule has 0 unspecified atom stereocenters. The van der Waals surface area contributed by atoms with Crippen molar-refractivity contribution in [2.45, 2.75) is 13.8 Å². The quantitative estimate of drug-likeness (QED) is 0.558. The van der Waals surface area contributed by atoms with Gasteiger partial charge in [-0.05, 0) is 0 Å². The Morgan fingerprint density at radius 1 is 0.846 bits per heavy atom. The summed E-state index contributed by atoms with van der Waals surface area (Å²) in [6.07, 6.45) is 0. The third-order valence-electron chi connectivity index (χ3n) is 2.13. The zero-order valence-electron chi connectivity index (χ0n) is 15.0. The number of benzene rings is 1. The van der Waals surface area contributed by atoms with Crippen molar-refractivity contribution in [3.05, 3.63) is 23.3 Å². The topological polar surface area (TPSA) is 134 Å². The minimum atomic E-state index is -0.833. The average molecular weight is 366 g/mol. The largest absolute Gasteiger partial charge is 0.493 e. The SMILES string of the molecule is CC(=O)O.CC(=O)O.COc1cc(C#CCO)c(C#CCO)cc1OC. The van der Waals surface area contributed by atoms with Gasteiger partial charge in [-0.1, -0.05) is 23.7 Å². The van der Waals surface area contributed by atoms with Crippen LogP contribution in [0.1, 0.15) is 25.0 Å². The molecule has 1 rings (SSSR count). The molecule has 142 valence electrons. The van der Waals surface area contributed by atoms with Crippen molar-refractivity contribution < 1.29 is 39.5 Å². The molecule has 8 nitrogen and oxygen atoms in total. The molecule has 0 bridgehead atoms. The Labute approximate surface area is 152 Å². The zero-order chi connectivity index (χ0) is 20.5. The minimum absolute atomic E-state index is 0.235. The molecule has 1 aromatic carbocycles. The molecule has 0 aliphatic carbocycles. The average Bonchev–Trinajstić information content (AvgIpc) is 2.56. The summed E-state index contributed by atoms with van der Waals surface area (Å²) in [7, 11) is 3.06. The molecule has 0 saturated heterocycles. The molecular weight excluding hydrogens is 344 g/mol. The highest BCUT2D eigenvalue weighted by atomic mass is 16.5. The predicted molar refractivity (Wildman–Crippen MR) is 94.1 cm³/mol. The van der Waals surface area contributed by atoms with Gasteiger partial charge in [0.25, 0.3) is 11.9 Å². The number of methoxy groups -OCH3 is 2. The van der Waals surface area contributed by atoms with Gasteiger partial charge in [0.1, 0.15) is 13.2 Å². The van der Waals surface area contributed by atoms with E-state index in [4.69, 9.17) is 39.5 Å². The van der Waals surface area contributed by atoms with Gasteiger partial charge in [-0.3, -0.25) is 9.59 Å². The van der Waals surface area contributed by atoms with Crippen molar-refractivity contribution in [2.24, 2.45) is 0 Å². The lowest BCUT2D eigenvalue weighted by Crippen LogP contribution is -1.94. The van der Waals surface area contributed by atoms with Crippen LogP contribution in [0.4, 0.5) is 0 Å². The van der Waals surface area contributed by atoms with Crippen LogP contribution in [-0.4, -0.2) is 59.8 Å². The van der Waals surface area contributed by atoms with E-state index in [2.05, 4.69) is 23.7 Å². The highest BCUT2D eigenvalue weighted by Crippen LogP contribution is 2.29. The van der Waals surface area contributed by atoms with Crippen molar-refractivity contribution >= 4 is 11.9 Å². The molecule has 0 saturated carbocycles. The van der Waals surface area contributed by atoms with Crippen molar-refractivity contribution in [3.8, 4) is 35.2 Å². The first-order valence-corrected chi connectivity index (χ1v) is 7.07. The Morgan fingerprint density at radius 2 is 1.12 bits per heavy atom. The number of hydrogen-bond donors (Lipinski definition) is 4. The summed E-state index contributed by atoms with van der Waals surface area (Å²) in [5.74, 6) is 10.1. The highest BCUT2D eigenvalue weighted by Gasteiger charge is 2.08. The molecule has 1 aromatic rings.